The van der Waals surface area contributed by atoms with E-state index < -0.39 is 0 Å². The lowest BCUT2D eigenvalue weighted by molar-refractivity contribution is 0.184. The molecule has 0 amide bonds. The van der Waals surface area contributed by atoms with Crippen molar-refractivity contribution in [2.75, 3.05) is 13.7 Å². The van der Waals surface area contributed by atoms with E-state index in [1.807, 2.05) is 12.1 Å². The first-order valence-electron chi connectivity index (χ1n) is 5.74. The number of pyridine rings is 1. The third kappa shape index (κ3) is 3.36. The van der Waals surface area contributed by atoms with Crippen LogP contribution >= 0.6 is 12.6 Å². The Labute approximate surface area is 108 Å². The second-order valence-corrected chi connectivity index (χ2v) is 5.42. The standard InChI is InChI=1S/C13H21NO2S/c1-13(2,3)11-6-5-10(9-17)12(15)14(11)7-8-16-4/h5-6,17H,7-9H2,1-4H3. The van der Waals surface area contributed by atoms with Crippen LogP contribution in [0.25, 0.3) is 0 Å². The van der Waals surface area contributed by atoms with Gasteiger partial charge in [0.25, 0.3) is 5.56 Å². The van der Waals surface area contributed by atoms with Gasteiger partial charge in [-0.25, -0.2) is 0 Å². The number of hydrogen-bond donors (Lipinski definition) is 1. The van der Waals surface area contributed by atoms with Crippen molar-refractivity contribution in [2.45, 2.75) is 38.5 Å². The van der Waals surface area contributed by atoms with Crippen molar-refractivity contribution >= 4 is 12.6 Å². The molecule has 0 fully saturated rings. The molecule has 0 bridgehead atoms. The maximum absolute atomic E-state index is 12.2. The molecule has 3 nitrogen and oxygen atoms in total. The molecular formula is C13H21NO2S. The molecule has 0 aliphatic heterocycles. The monoisotopic (exact) mass is 255 g/mol. The molecule has 0 aliphatic rings. The Balaban J connectivity index is 3.31. The molecule has 0 spiro atoms. The molecule has 0 aliphatic carbocycles. The van der Waals surface area contributed by atoms with E-state index in [1.165, 1.54) is 0 Å². The van der Waals surface area contributed by atoms with E-state index in [2.05, 4.69) is 33.4 Å². The van der Waals surface area contributed by atoms with Crippen molar-refractivity contribution in [1.29, 1.82) is 0 Å². The SMILES string of the molecule is COCCn1c(C(C)(C)C)ccc(CS)c1=O. The van der Waals surface area contributed by atoms with Crippen LogP contribution in [0, 0.1) is 0 Å². The molecule has 96 valence electrons. The smallest absolute Gasteiger partial charge is 0.254 e. The molecule has 1 aromatic heterocycles. The second-order valence-electron chi connectivity index (χ2n) is 5.10. The fourth-order valence-corrected chi connectivity index (χ4v) is 2.04. The number of methoxy groups -OCH3 is 1. The molecule has 0 saturated carbocycles. The second kappa shape index (κ2) is 5.74. The number of hydrogen-bond acceptors (Lipinski definition) is 3. The molecule has 0 unspecified atom stereocenters. The summed E-state index contributed by atoms with van der Waals surface area (Å²) in [5.74, 6) is 0.468. The molecule has 1 rings (SSSR count). The Hall–Kier alpha value is -0.740. The summed E-state index contributed by atoms with van der Waals surface area (Å²) in [4.78, 5) is 12.2. The molecule has 1 heterocycles. The number of ether oxygens (including phenoxy) is 1. The Morgan fingerprint density at radius 2 is 2.00 bits per heavy atom. The maximum Gasteiger partial charge on any atom is 0.254 e. The van der Waals surface area contributed by atoms with Crippen molar-refractivity contribution < 1.29 is 4.74 Å². The number of thiol groups is 1. The van der Waals surface area contributed by atoms with Crippen molar-refractivity contribution in [1.82, 2.24) is 4.57 Å². The minimum atomic E-state index is -0.0535. The molecule has 0 saturated heterocycles. The van der Waals surface area contributed by atoms with Gasteiger partial charge in [0.05, 0.1) is 6.61 Å². The van der Waals surface area contributed by atoms with Crippen molar-refractivity contribution in [2.24, 2.45) is 0 Å². The summed E-state index contributed by atoms with van der Waals surface area (Å²) in [6, 6.07) is 3.89. The van der Waals surface area contributed by atoms with Crippen LogP contribution in [0.4, 0.5) is 0 Å². The summed E-state index contributed by atoms with van der Waals surface area (Å²) in [7, 11) is 1.64. The van der Waals surface area contributed by atoms with Crippen LogP contribution in [0.3, 0.4) is 0 Å². The summed E-state index contributed by atoms with van der Waals surface area (Å²) >= 11 is 4.18. The minimum absolute atomic E-state index is 0.0458. The van der Waals surface area contributed by atoms with Gasteiger partial charge in [0, 0.05) is 36.1 Å². The molecule has 0 atom stereocenters. The Morgan fingerprint density at radius 1 is 1.35 bits per heavy atom. The van der Waals surface area contributed by atoms with Crippen LogP contribution in [-0.2, 0) is 22.4 Å². The van der Waals surface area contributed by atoms with Crippen LogP contribution in [0.1, 0.15) is 32.0 Å². The summed E-state index contributed by atoms with van der Waals surface area (Å²) in [5, 5.41) is 0. The fraction of sp³-hybridized carbons (Fsp3) is 0.615. The minimum Gasteiger partial charge on any atom is -0.383 e. The van der Waals surface area contributed by atoms with Crippen LogP contribution in [0.2, 0.25) is 0 Å². The van der Waals surface area contributed by atoms with Gasteiger partial charge in [-0.3, -0.25) is 4.79 Å². The lowest BCUT2D eigenvalue weighted by Gasteiger charge is -2.24. The van der Waals surface area contributed by atoms with Gasteiger partial charge in [0.15, 0.2) is 0 Å². The molecule has 17 heavy (non-hydrogen) atoms. The zero-order valence-electron chi connectivity index (χ0n) is 11.0. The van der Waals surface area contributed by atoms with E-state index in [4.69, 9.17) is 4.74 Å². The van der Waals surface area contributed by atoms with Crippen LogP contribution in [0.15, 0.2) is 16.9 Å². The summed E-state index contributed by atoms with van der Waals surface area (Å²) in [6.45, 7) is 7.44. The lowest BCUT2D eigenvalue weighted by Crippen LogP contribution is -2.32. The fourth-order valence-electron chi connectivity index (χ4n) is 1.80. The van der Waals surface area contributed by atoms with Crippen LogP contribution < -0.4 is 5.56 Å². The number of nitrogens with zero attached hydrogens (tertiary/aromatic N) is 1. The largest absolute Gasteiger partial charge is 0.383 e. The number of aromatic nitrogens is 1. The Morgan fingerprint density at radius 3 is 2.47 bits per heavy atom. The summed E-state index contributed by atoms with van der Waals surface area (Å²) in [5.41, 5.74) is 1.76. The van der Waals surface area contributed by atoms with Crippen molar-refractivity contribution in [3.8, 4) is 0 Å². The average Bonchev–Trinajstić information content (AvgIpc) is 2.25. The summed E-state index contributed by atoms with van der Waals surface area (Å²) < 4.78 is 6.86. The quantitative estimate of drug-likeness (QED) is 0.836. The molecule has 4 heteroatoms. The van der Waals surface area contributed by atoms with E-state index in [0.29, 0.717) is 18.9 Å². The predicted octanol–water partition coefficient (Wildman–Crippen LogP) is 2.22. The highest BCUT2D eigenvalue weighted by atomic mass is 32.1. The first-order chi connectivity index (χ1) is 7.91. The van der Waals surface area contributed by atoms with Crippen LogP contribution in [0.5, 0.6) is 0 Å². The highest BCUT2D eigenvalue weighted by Crippen LogP contribution is 2.21. The van der Waals surface area contributed by atoms with Crippen molar-refractivity contribution in [3.63, 3.8) is 0 Å². The normalized spacial score (nSPS) is 11.8. The van der Waals surface area contributed by atoms with Gasteiger partial charge in [-0.15, -0.1) is 0 Å². The van der Waals surface area contributed by atoms with Gasteiger partial charge in [0.2, 0.25) is 0 Å². The zero-order chi connectivity index (χ0) is 13.1. The summed E-state index contributed by atoms with van der Waals surface area (Å²) in [6.07, 6.45) is 0. The highest BCUT2D eigenvalue weighted by Gasteiger charge is 2.19. The topological polar surface area (TPSA) is 31.2 Å². The van der Waals surface area contributed by atoms with Gasteiger partial charge < -0.3 is 9.30 Å². The first-order valence-corrected chi connectivity index (χ1v) is 6.38. The zero-order valence-corrected chi connectivity index (χ0v) is 11.9. The molecule has 0 N–H and O–H groups in total. The van der Waals surface area contributed by atoms with Gasteiger partial charge >= 0.3 is 0 Å². The van der Waals surface area contributed by atoms with Gasteiger partial charge in [-0.2, -0.15) is 12.6 Å². The first kappa shape index (κ1) is 14.3. The third-order valence-electron chi connectivity index (χ3n) is 2.71. The van der Waals surface area contributed by atoms with E-state index in [9.17, 15) is 4.79 Å². The average molecular weight is 255 g/mol. The van der Waals surface area contributed by atoms with Crippen LogP contribution in [-0.4, -0.2) is 18.3 Å². The van der Waals surface area contributed by atoms with E-state index >= 15 is 0 Å². The lowest BCUT2D eigenvalue weighted by atomic mass is 9.91. The van der Waals surface area contributed by atoms with Gasteiger partial charge in [-0.1, -0.05) is 26.8 Å². The van der Waals surface area contributed by atoms with E-state index in [1.54, 1.807) is 11.7 Å². The Bertz CT molecular complexity index is 432. The van der Waals surface area contributed by atoms with E-state index in [-0.39, 0.29) is 11.0 Å². The van der Waals surface area contributed by atoms with Gasteiger partial charge in [-0.05, 0) is 6.07 Å². The third-order valence-corrected chi connectivity index (χ3v) is 3.05. The maximum atomic E-state index is 12.2. The van der Waals surface area contributed by atoms with Gasteiger partial charge in [0.1, 0.15) is 0 Å². The van der Waals surface area contributed by atoms with Crippen molar-refractivity contribution in [3.05, 3.63) is 33.7 Å². The highest BCUT2D eigenvalue weighted by molar-refractivity contribution is 7.79. The molecule has 0 radical (unpaired) electrons. The molecule has 1 aromatic rings. The predicted molar refractivity (Wildman–Crippen MR) is 74.0 cm³/mol. The Kier molecular flexibility index (Phi) is 4.83. The molecular weight excluding hydrogens is 234 g/mol. The molecule has 0 aromatic carbocycles. The number of rotatable bonds is 4. The van der Waals surface area contributed by atoms with E-state index in [0.717, 1.165) is 11.3 Å².